The third-order valence-corrected chi connectivity index (χ3v) is 29.1. The largest absolute Gasteiger partial charge is 2.00 e. The Labute approximate surface area is 593 Å². The van der Waals surface area contributed by atoms with Crippen LogP contribution in [0, 0.1) is 60.7 Å². The molecular weight excluding hydrogens is 1840 g/mol. The molecule has 0 spiro atoms. The molecule has 35 heteroatoms. The summed E-state index contributed by atoms with van der Waals surface area (Å²) < 4.78 is 4.05. The number of rotatable bonds is 15. The van der Waals surface area contributed by atoms with Crippen molar-refractivity contribution in [2.75, 3.05) is 0 Å². The summed E-state index contributed by atoms with van der Waals surface area (Å²) in [6, 6.07) is 47.1. The van der Waals surface area contributed by atoms with Gasteiger partial charge in [-0.3, -0.25) is 60.7 Å². The molecule has 0 aliphatic carbocycles. The molecule has 455 valence electrons. The van der Waals surface area contributed by atoms with Crippen molar-refractivity contribution in [3.8, 4) is 0 Å². The molecule has 0 fully saturated rings. The molecule has 9 rings (SSSR count). The minimum absolute atomic E-state index is 0. The Morgan fingerprint density at radius 3 is 0.494 bits per heavy atom. The van der Waals surface area contributed by atoms with E-state index in [0.29, 0.717) is 46.7 Å². The molecule has 9 aromatic rings. The van der Waals surface area contributed by atoms with Crippen LogP contribution in [0.2, 0.25) is 0 Å². The van der Waals surface area contributed by atoms with Gasteiger partial charge < -0.3 is 19.9 Å². The van der Waals surface area contributed by atoms with E-state index in [0.717, 1.165) is 13.4 Å². The van der Waals surface area contributed by atoms with Crippen molar-refractivity contribution in [3.05, 3.63) is 283 Å². The zero-order valence-corrected chi connectivity index (χ0v) is 62.7. The molecule has 0 aliphatic heterocycles. The average molecular weight is 1880 g/mol. The van der Waals surface area contributed by atoms with Crippen LogP contribution in [0.4, 0.5) is 34.1 Å². The Morgan fingerprint density at radius 1 is 0.247 bits per heavy atom. The van der Waals surface area contributed by atoms with Crippen molar-refractivity contribution in [1.29, 1.82) is 0 Å². The zero-order valence-electron chi connectivity index (χ0n) is 44.0. The van der Waals surface area contributed by atoms with Crippen molar-refractivity contribution < 1.29 is 68.0 Å². The summed E-state index contributed by atoms with van der Waals surface area (Å²) in [7, 11) is -11.3. The van der Waals surface area contributed by atoms with Crippen LogP contribution in [0.25, 0.3) is 0 Å². The number of nitro groups is 6. The monoisotopic (exact) mass is 1870 g/mol. The smallest absolute Gasteiger partial charge is 2.00 e. The molecule has 0 saturated heterocycles. The van der Waals surface area contributed by atoms with E-state index in [9.17, 15) is 75.1 Å². The van der Waals surface area contributed by atoms with Crippen LogP contribution < -0.4 is 46.7 Å². The number of nitrogens with zero attached hydrogens (tertiary/aromatic N) is 6. The number of halogens is 9. The minimum atomic E-state index is -3.77. The van der Waals surface area contributed by atoms with Crippen molar-refractivity contribution >= 4 is 249 Å². The summed E-state index contributed by atoms with van der Waals surface area (Å²) in [4.78, 5) is 101. The van der Waals surface area contributed by atoms with Gasteiger partial charge in [0, 0.05) is 49.8 Å². The summed E-state index contributed by atoms with van der Waals surface area (Å²) in [5, 5.41) is 72.1. The van der Waals surface area contributed by atoms with Crippen LogP contribution in [-0.2, 0) is 24.0 Å². The van der Waals surface area contributed by atoms with Gasteiger partial charge in [0.15, 0.2) is 0 Å². The molecular formula is C54H33Br9N6O16Si3V. The Hall–Kier alpha value is -5.22. The van der Waals surface area contributed by atoms with E-state index in [1.807, 2.05) is 0 Å². The third kappa shape index (κ3) is 16.5. The maximum atomic E-state index is 12.0. The van der Waals surface area contributed by atoms with Crippen molar-refractivity contribution in [2.45, 2.75) is 0 Å². The van der Waals surface area contributed by atoms with Gasteiger partial charge in [0.25, 0.3) is 59.1 Å². The second kappa shape index (κ2) is 31.4. The van der Waals surface area contributed by atoms with E-state index < -0.39 is 54.5 Å². The van der Waals surface area contributed by atoms with Crippen LogP contribution in [0.5, 0.6) is 0 Å². The van der Waals surface area contributed by atoms with Crippen LogP contribution in [0.15, 0.2) is 222 Å². The van der Waals surface area contributed by atoms with Crippen molar-refractivity contribution in [1.82, 2.24) is 0 Å². The molecule has 1 radical (unpaired) electrons. The predicted octanol–water partition coefficient (Wildman–Crippen LogP) is 11.1. The van der Waals surface area contributed by atoms with Gasteiger partial charge >= 0.3 is 18.6 Å². The fourth-order valence-electron chi connectivity index (χ4n) is 8.84. The van der Waals surface area contributed by atoms with E-state index in [-0.39, 0.29) is 85.0 Å². The Morgan fingerprint density at radius 2 is 0.371 bits per heavy atom. The minimum Gasteiger partial charge on any atom is -2.00 e. The van der Waals surface area contributed by atoms with Gasteiger partial charge in [-0.05, 0) is 215 Å². The average Bonchev–Trinajstić information content (AvgIpc) is 2.63. The first-order chi connectivity index (χ1) is 40.9. The van der Waals surface area contributed by atoms with Gasteiger partial charge in [-0.1, -0.05) is 121 Å². The molecule has 22 nitrogen and oxygen atoms in total. The first kappa shape index (κ1) is 74.5. The second-order valence-electron chi connectivity index (χ2n) is 18.2. The standard InChI is InChI=1S/3C18H11Br3N2O5Si.O.V/c3*19-11-1-3-12(4-2-11)29(28,13-5-7-15(20)17(9-13)22(24)25)14-6-8-16(21)18(10-14)23(26)27;;/h3*1-10,28H;;/q;;;-2;+2. The molecule has 0 aliphatic rings. The summed E-state index contributed by atoms with van der Waals surface area (Å²) in [5.74, 6) is 0. The molecule has 89 heavy (non-hydrogen) atoms. The maximum absolute atomic E-state index is 12.0. The molecule has 0 heterocycles. The second-order valence-corrected chi connectivity index (χ2v) is 35.5. The predicted molar refractivity (Wildman–Crippen MR) is 369 cm³/mol. The number of benzene rings is 9. The maximum Gasteiger partial charge on any atom is 2.00 e. The van der Waals surface area contributed by atoms with Gasteiger partial charge in [-0.25, -0.2) is 0 Å². The molecule has 0 amide bonds. The van der Waals surface area contributed by atoms with Crippen molar-refractivity contribution in [2.24, 2.45) is 0 Å². The SMILES string of the molecule is O=[N+]([O-])c1cc([Si](O)(c2ccc(Br)cc2)c2ccc(Br)c([N+](=O)[O-])c2)ccc1Br.O=[N+]([O-])c1cc([Si](O)(c2ccc(Br)cc2)c2ccc(Br)c([N+](=O)[O-])c2)ccc1Br.O=[N+]([O-])c1cc([Si](O)(c2ccc(Br)cc2)c2ccc(Br)c([N+](=O)[O-])c2)ccc1Br.[O-2].[V+2]. The van der Waals surface area contributed by atoms with Crippen LogP contribution in [0.1, 0.15) is 0 Å². The molecule has 0 bridgehead atoms. The molecule has 0 aromatic heterocycles. The molecule has 9 aromatic carbocycles. The van der Waals surface area contributed by atoms with E-state index in [2.05, 4.69) is 143 Å². The van der Waals surface area contributed by atoms with E-state index >= 15 is 0 Å². The van der Waals surface area contributed by atoms with Gasteiger partial charge in [-0.2, -0.15) is 0 Å². The van der Waals surface area contributed by atoms with Crippen LogP contribution >= 0.6 is 143 Å². The summed E-state index contributed by atoms with van der Waals surface area (Å²) in [6.45, 7) is 0. The molecule has 0 saturated carbocycles. The molecule has 0 atom stereocenters. The number of nitro benzene ring substituents is 6. The van der Waals surface area contributed by atoms with E-state index in [1.165, 1.54) is 72.8 Å². The Kier molecular flexibility index (Phi) is 26.3. The topological polar surface area (TPSA) is 348 Å². The van der Waals surface area contributed by atoms with Gasteiger partial charge in [-0.15, -0.1) is 0 Å². The Bertz CT molecular complexity index is 3620. The van der Waals surface area contributed by atoms with Gasteiger partial charge in [0.05, 0.1) is 56.4 Å². The normalized spacial score (nSPS) is 11.1. The third-order valence-electron chi connectivity index (χ3n) is 13.1. The molecule has 3 N–H and O–H groups in total. The van der Waals surface area contributed by atoms with Crippen molar-refractivity contribution in [3.63, 3.8) is 0 Å². The van der Waals surface area contributed by atoms with Gasteiger partial charge in [0.1, 0.15) is 0 Å². The number of hydrogen-bond donors (Lipinski definition) is 3. The summed E-state index contributed by atoms with van der Waals surface area (Å²) in [6.07, 6.45) is 0. The first-order valence-electron chi connectivity index (χ1n) is 24.0. The van der Waals surface area contributed by atoms with Gasteiger partial charge in [0.2, 0.25) is 0 Å². The number of hydrogen-bond acceptors (Lipinski definition) is 15. The Balaban J connectivity index is 0.000000240. The molecule has 0 unspecified atom stereocenters. The fraction of sp³-hybridized carbons (Fsp3) is 0. The van der Waals surface area contributed by atoms with Crippen LogP contribution in [-0.4, -0.2) is 68.9 Å². The summed E-state index contributed by atoms with van der Waals surface area (Å²) >= 11 is 28.9. The van der Waals surface area contributed by atoms with Crippen LogP contribution in [0.3, 0.4) is 0 Å². The first-order valence-corrected chi connectivity index (χ1v) is 37.0. The summed E-state index contributed by atoms with van der Waals surface area (Å²) in [5.41, 5.74) is -1.18. The quantitative estimate of drug-likeness (QED) is 0.0372. The zero-order chi connectivity index (χ0) is 64.0. The van der Waals surface area contributed by atoms with E-state index in [4.69, 9.17) is 0 Å². The van der Waals surface area contributed by atoms with E-state index in [1.54, 1.807) is 109 Å². The fourth-order valence-corrected chi connectivity index (χ4v) is 20.9.